The Morgan fingerprint density at radius 1 is 1.32 bits per heavy atom. The highest BCUT2D eigenvalue weighted by molar-refractivity contribution is 5.79. The minimum absolute atomic E-state index is 0.0651. The van der Waals surface area contributed by atoms with Crippen molar-refractivity contribution in [2.45, 2.75) is 51.9 Å². The molecule has 0 spiro atoms. The molecule has 0 aliphatic heterocycles. The van der Waals surface area contributed by atoms with Crippen LogP contribution in [-0.4, -0.2) is 15.9 Å². The molecule has 1 saturated carbocycles. The van der Waals surface area contributed by atoms with Crippen LogP contribution < -0.4 is 4.74 Å². The molecule has 0 saturated heterocycles. The zero-order chi connectivity index (χ0) is 15.4. The third-order valence-corrected chi connectivity index (χ3v) is 4.76. The lowest BCUT2D eigenvalue weighted by Crippen LogP contribution is -2.25. The number of carbonyl (C=O) groups is 1. The Hall–Kier alpha value is -1.84. The maximum Gasteiger partial charge on any atom is 0.314 e. The lowest BCUT2D eigenvalue weighted by molar-refractivity contribution is -0.140. The van der Waals surface area contributed by atoms with E-state index >= 15 is 0 Å². The summed E-state index contributed by atoms with van der Waals surface area (Å²) in [6.45, 7) is 2.24. The number of ether oxygens (including phenoxy) is 1. The second-order valence-corrected chi connectivity index (χ2v) is 6.36. The molecular weight excluding hydrogens is 276 g/mol. The molecule has 0 unspecified atom stereocenters. The smallest absolute Gasteiger partial charge is 0.314 e. The topological polar surface area (TPSA) is 55.0 Å². The second-order valence-electron chi connectivity index (χ2n) is 6.36. The number of carbonyl (C=O) groups excluding carboxylic acids is 1. The van der Waals surface area contributed by atoms with Crippen molar-refractivity contribution < 1.29 is 9.53 Å². The van der Waals surface area contributed by atoms with E-state index in [0.717, 1.165) is 29.8 Å². The molecule has 1 aromatic carbocycles. The van der Waals surface area contributed by atoms with Gasteiger partial charge in [0.1, 0.15) is 5.75 Å². The predicted octanol–water partition coefficient (Wildman–Crippen LogP) is 4.46. The van der Waals surface area contributed by atoms with Crippen molar-refractivity contribution in [1.82, 2.24) is 9.97 Å². The third-order valence-electron chi connectivity index (χ3n) is 4.76. The number of H-pyrrole nitrogens is 1. The first-order chi connectivity index (χ1) is 10.8. The van der Waals surface area contributed by atoms with Gasteiger partial charge in [-0.2, -0.15) is 0 Å². The van der Waals surface area contributed by atoms with Gasteiger partial charge < -0.3 is 9.72 Å². The molecule has 0 bridgehead atoms. The lowest BCUT2D eigenvalue weighted by atomic mass is 9.80. The van der Waals surface area contributed by atoms with Crippen LogP contribution in [0.3, 0.4) is 0 Å². The van der Waals surface area contributed by atoms with E-state index < -0.39 is 0 Å². The molecule has 0 amide bonds. The second kappa shape index (κ2) is 6.95. The van der Waals surface area contributed by atoms with Crippen LogP contribution in [0.5, 0.6) is 5.75 Å². The van der Waals surface area contributed by atoms with E-state index in [9.17, 15) is 4.79 Å². The highest BCUT2D eigenvalue weighted by atomic mass is 16.5. The van der Waals surface area contributed by atoms with Crippen LogP contribution in [0, 0.1) is 11.8 Å². The first-order valence-electron chi connectivity index (χ1n) is 8.41. The Bertz CT molecular complexity index is 627. The van der Waals surface area contributed by atoms with Crippen LogP contribution in [0.4, 0.5) is 0 Å². The van der Waals surface area contributed by atoms with Gasteiger partial charge in [-0.1, -0.05) is 26.2 Å². The van der Waals surface area contributed by atoms with Gasteiger partial charge in [-0.3, -0.25) is 4.79 Å². The number of imidazole rings is 1. The number of unbranched alkanes of at least 4 members (excludes halogenated alkanes) is 1. The summed E-state index contributed by atoms with van der Waals surface area (Å²) in [6, 6.07) is 5.52. The number of nitrogens with one attached hydrogen (secondary N) is 1. The number of benzene rings is 1. The Labute approximate surface area is 131 Å². The molecule has 2 aromatic rings. The molecule has 3 rings (SSSR count). The summed E-state index contributed by atoms with van der Waals surface area (Å²) in [5.41, 5.74) is 1.78. The summed E-state index contributed by atoms with van der Waals surface area (Å²) >= 11 is 0. The highest BCUT2D eigenvalue weighted by Crippen LogP contribution is 2.33. The largest absolute Gasteiger partial charge is 0.426 e. The first kappa shape index (κ1) is 15.1. The van der Waals surface area contributed by atoms with Gasteiger partial charge in [0.25, 0.3) is 0 Å². The predicted molar refractivity (Wildman–Crippen MR) is 86.7 cm³/mol. The molecule has 1 aromatic heterocycles. The highest BCUT2D eigenvalue weighted by Gasteiger charge is 2.27. The summed E-state index contributed by atoms with van der Waals surface area (Å²) in [6.07, 6.45) is 9.81. The number of hydrogen-bond donors (Lipinski definition) is 1. The number of rotatable bonds is 5. The van der Waals surface area contributed by atoms with Gasteiger partial charge in [-0.25, -0.2) is 4.98 Å². The first-order valence-corrected chi connectivity index (χ1v) is 8.41. The fourth-order valence-electron chi connectivity index (χ4n) is 3.36. The molecule has 1 N–H and O–H groups in total. The fraction of sp³-hybridized carbons (Fsp3) is 0.556. The van der Waals surface area contributed by atoms with Crippen LogP contribution in [-0.2, 0) is 4.79 Å². The van der Waals surface area contributed by atoms with E-state index in [1.54, 1.807) is 6.33 Å². The minimum Gasteiger partial charge on any atom is -0.426 e. The number of nitrogens with zero attached hydrogens (tertiary/aromatic N) is 1. The molecule has 0 atom stereocenters. The monoisotopic (exact) mass is 300 g/mol. The van der Waals surface area contributed by atoms with E-state index in [1.807, 2.05) is 18.2 Å². The molecule has 1 aliphatic carbocycles. The van der Waals surface area contributed by atoms with Gasteiger partial charge in [0, 0.05) is 6.07 Å². The van der Waals surface area contributed by atoms with Gasteiger partial charge in [-0.15, -0.1) is 0 Å². The summed E-state index contributed by atoms with van der Waals surface area (Å²) in [7, 11) is 0. The molecule has 1 fully saturated rings. The van der Waals surface area contributed by atoms with E-state index in [-0.39, 0.29) is 11.9 Å². The normalized spacial score (nSPS) is 21.9. The molecule has 22 heavy (non-hydrogen) atoms. The van der Waals surface area contributed by atoms with Crippen LogP contribution in [0.25, 0.3) is 11.0 Å². The number of aromatic amines is 1. The zero-order valence-corrected chi connectivity index (χ0v) is 13.2. The molecule has 4 nitrogen and oxygen atoms in total. The van der Waals surface area contributed by atoms with E-state index in [4.69, 9.17) is 4.74 Å². The Balaban J connectivity index is 1.54. The van der Waals surface area contributed by atoms with Gasteiger partial charge in [0.2, 0.25) is 0 Å². The average molecular weight is 300 g/mol. The number of aromatic nitrogens is 2. The SMILES string of the molecule is CCCCC1CCC(C(=O)Oc2ccc3nc[nH]c3c2)CC1. The fourth-order valence-corrected chi connectivity index (χ4v) is 3.36. The van der Waals surface area contributed by atoms with Crippen LogP contribution in [0.2, 0.25) is 0 Å². The zero-order valence-electron chi connectivity index (χ0n) is 13.2. The van der Waals surface area contributed by atoms with E-state index in [0.29, 0.717) is 5.75 Å². The maximum atomic E-state index is 12.3. The quantitative estimate of drug-likeness (QED) is 0.655. The summed E-state index contributed by atoms with van der Waals surface area (Å²) in [5, 5.41) is 0. The Morgan fingerprint density at radius 2 is 2.14 bits per heavy atom. The van der Waals surface area contributed by atoms with E-state index in [2.05, 4.69) is 16.9 Å². The van der Waals surface area contributed by atoms with Crippen molar-refractivity contribution in [2.75, 3.05) is 0 Å². The van der Waals surface area contributed by atoms with Crippen molar-refractivity contribution in [3.63, 3.8) is 0 Å². The van der Waals surface area contributed by atoms with Gasteiger partial charge in [-0.05, 0) is 43.7 Å². The molecule has 4 heteroatoms. The maximum absolute atomic E-state index is 12.3. The Kier molecular flexibility index (Phi) is 4.76. The van der Waals surface area contributed by atoms with Crippen molar-refractivity contribution >= 4 is 17.0 Å². The van der Waals surface area contributed by atoms with Crippen molar-refractivity contribution in [3.05, 3.63) is 24.5 Å². The van der Waals surface area contributed by atoms with Crippen molar-refractivity contribution in [1.29, 1.82) is 0 Å². The lowest BCUT2D eigenvalue weighted by Gasteiger charge is -2.27. The minimum atomic E-state index is -0.0761. The molecule has 1 heterocycles. The number of esters is 1. The molecule has 0 radical (unpaired) electrons. The van der Waals surface area contributed by atoms with Gasteiger partial charge >= 0.3 is 5.97 Å². The standard InChI is InChI=1S/C18H24N2O2/c1-2-3-4-13-5-7-14(8-6-13)18(21)22-15-9-10-16-17(11-15)20-12-19-16/h9-14H,2-8H2,1H3,(H,19,20). The molecular formula is C18H24N2O2. The van der Waals surface area contributed by atoms with Gasteiger partial charge in [0.15, 0.2) is 0 Å². The molecule has 118 valence electrons. The van der Waals surface area contributed by atoms with Crippen LogP contribution in [0.1, 0.15) is 51.9 Å². The van der Waals surface area contributed by atoms with E-state index in [1.165, 1.54) is 32.1 Å². The number of fused-ring (bicyclic) bond motifs is 1. The van der Waals surface area contributed by atoms with Crippen LogP contribution >= 0.6 is 0 Å². The summed E-state index contributed by atoms with van der Waals surface area (Å²) in [5.74, 6) is 1.41. The summed E-state index contributed by atoms with van der Waals surface area (Å²) in [4.78, 5) is 19.5. The summed E-state index contributed by atoms with van der Waals surface area (Å²) < 4.78 is 5.56. The van der Waals surface area contributed by atoms with Crippen molar-refractivity contribution in [3.8, 4) is 5.75 Å². The average Bonchev–Trinajstić information content (AvgIpc) is 3.01. The van der Waals surface area contributed by atoms with Crippen LogP contribution in [0.15, 0.2) is 24.5 Å². The third kappa shape index (κ3) is 3.49. The number of hydrogen-bond acceptors (Lipinski definition) is 3. The Morgan fingerprint density at radius 3 is 2.91 bits per heavy atom. The molecule has 1 aliphatic rings. The van der Waals surface area contributed by atoms with Crippen molar-refractivity contribution in [2.24, 2.45) is 11.8 Å². The van der Waals surface area contributed by atoms with Gasteiger partial charge in [0.05, 0.1) is 23.3 Å².